The Morgan fingerprint density at radius 2 is 1.36 bits per heavy atom. The molecule has 0 aromatic heterocycles. The van der Waals surface area contributed by atoms with Crippen molar-refractivity contribution < 1.29 is 14.3 Å². The minimum absolute atomic E-state index is 0.237. The minimum Gasteiger partial charge on any atom is -0.458 e. The van der Waals surface area contributed by atoms with E-state index >= 15 is 0 Å². The SMILES string of the molecule is O=C1CCCCCCCCCCCCC(OC(=O)c2ccccc2)C1. The number of ether oxygens (including phenoxy) is 1. The maximum atomic E-state index is 12.3. The van der Waals surface area contributed by atoms with Gasteiger partial charge in [-0.05, 0) is 31.4 Å². The number of ketones is 1. The van der Waals surface area contributed by atoms with Crippen LogP contribution in [0.15, 0.2) is 30.3 Å². The highest BCUT2D eigenvalue weighted by Gasteiger charge is 2.19. The molecule has 1 atom stereocenters. The Balaban J connectivity index is 1.89. The van der Waals surface area contributed by atoms with Crippen LogP contribution in [0.2, 0.25) is 0 Å². The second-order valence-corrected chi connectivity index (χ2v) is 7.21. The molecule has 1 aliphatic carbocycles. The molecule has 0 radical (unpaired) electrons. The van der Waals surface area contributed by atoms with Gasteiger partial charge >= 0.3 is 5.97 Å². The van der Waals surface area contributed by atoms with E-state index in [0.717, 1.165) is 32.1 Å². The van der Waals surface area contributed by atoms with E-state index in [-0.39, 0.29) is 17.9 Å². The summed E-state index contributed by atoms with van der Waals surface area (Å²) >= 11 is 0. The van der Waals surface area contributed by atoms with E-state index in [1.165, 1.54) is 38.5 Å². The lowest BCUT2D eigenvalue weighted by atomic mass is 10.0. The van der Waals surface area contributed by atoms with Gasteiger partial charge in [0.15, 0.2) is 0 Å². The van der Waals surface area contributed by atoms with Crippen LogP contribution in [-0.2, 0) is 9.53 Å². The van der Waals surface area contributed by atoms with Crippen LogP contribution in [0.5, 0.6) is 0 Å². The molecule has 0 saturated heterocycles. The average Bonchev–Trinajstić information content (AvgIpc) is 2.63. The Morgan fingerprint density at radius 3 is 2.00 bits per heavy atom. The summed E-state index contributed by atoms with van der Waals surface area (Å²) in [5.74, 6) is -0.0722. The summed E-state index contributed by atoms with van der Waals surface area (Å²) in [5.41, 5.74) is 0.561. The van der Waals surface area contributed by atoms with Crippen molar-refractivity contribution in [2.45, 2.75) is 89.6 Å². The van der Waals surface area contributed by atoms with Crippen molar-refractivity contribution in [3.63, 3.8) is 0 Å². The maximum absolute atomic E-state index is 12.3. The highest BCUT2D eigenvalue weighted by Crippen LogP contribution is 2.18. The average molecular weight is 344 g/mol. The number of rotatable bonds is 2. The van der Waals surface area contributed by atoms with Gasteiger partial charge in [-0.25, -0.2) is 4.79 Å². The largest absolute Gasteiger partial charge is 0.458 e. The molecular weight excluding hydrogens is 312 g/mol. The Morgan fingerprint density at radius 1 is 0.800 bits per heavy atom. The standard InChI is InChI=1S/C22H32O3/c23-20-16-12-7-5-3-1-2-4-6-8-13-17-21(18-20)25-22(24)19-14-10-9-11-15-19/h9-11,14-15,21H,1-8,12-13,16-18H2. The van der Waals surface area contributed by atoms with Crippen LogP contribution in [0, 0.1) is 0 Å². The summed E-state index contributed by atoms with van der Waals surface area (Å²) in [6.45, 7) is 0. The van der Waals surface area contributed by atoms with Gasteiger partial charge in [0, 0.05) is 12.8 Å². The van der Waals surface area contributed by atoms with Gasteiger partial charge < -0.3 is 4.74 Å². The smallest absolute Gasteiger partial charge is 0.338 e. The Kier molecular flexibility index (Phi) is 9.32. The zero-order valence-corrected chi connectivity index (χ0v) is 15.4. The third-order valence-electron chi connectivity index (χ3n) is 4.97. The first-order chi connectivity index (χ1) is 12.3. The maximum Gasteiger partial charge on any atom is 0.338 e. The molecule has 1 unspecified atom stereocenters. The summed E-state index contributed by atoms with van der Waals surface area (Å²) in [6.07, 6.45) is 13.5. The number of hydrogen-bond donors (Lipinski definition) is 0. The molecule has 0 bridgehead atoms. The quantitative estimate of drug-likeness (QED) is 0.631. The Bertz CT molecular complexity index is 509. The van der Waals surface area contributed by atoms with Crippen LogP contribution in [0.4, 0.5) is 0 Å². The van der Waals surface area contributed by atoms with Crippen LogP contribution in [-0.4, -0.2) is 17.9 Å². The van der Waals surface area contributed by atoms with E-state index < -0.39 is 0 Å². The van der Waals surface area contributed by atoms with Crippen LogP contribution >= 0.6 is 0 Å². The number of benzene rings is 1. The van der Waals surface area contributed by atoms with E-state index in [1.54, 1.807) is 12.1 Å². The van der Waals surface area contributed by atoms with Gasteiger partial charge in [0.05, 0.1) is 5.56 Å². The molecule has 0 amide bonds. The van der Waals surface area contributed by atoms with Crippen molar-refractivity contribution in [2.24, 2.45) is 0 Å². The van der Waals surface area contributed by atoms with Crippen LogP contribution in [0.1, 0.15) is 93.8 Å². The van der Waals surface area contributed by atoms with Gasteiger partial charge in [-0.2, -0.15) is 0 Å². The summed E-state index contributed by atoms with van der Waals surface area (Å²) < 4.78 is 5.67. The van der Waals surface area contributed by atoms with Crippen LogP contribution in [0.25, 0.3) is 0 Å². The van der Waals surface area contributed by atoms with Gasteiger partial charge in [-0.1, -0.05) is 69.6 Å². The molecule has 1 aromatic rings. The molecule has 2 rings (SSSR count). The van der Waals surface area contributed by atoms with Crippen molar-refractivity contribution in [2.75, 3.05) is 0 Å². The fourth-order valence-electron chi connectivity index (χ4n) is 3.46. The fourth-order valence-corrected chi connectivity index (χ4v) is 3.46. The summed E-state index contributed by atoms with van der Waals surface area (Å²) in [7, 11) is 0. The fraction of sp³-hybridized carbons (Fsp3) is 0.636. The number of Topliss-reactive ketones (excluding diaryl/α,β-unsaturated/α-hetero) is 1. The lowest BCUT2D eigenvalue weighted by Gasteiger charge is -2.17. The molecule has 1 aromatic carbocycles. The molecular formula is C22H32O3. The summed E-state index contributed by atoms with van der Waals surface area (Å²) in [5, 5.41) is 0. The topological polar surface area (TPSA) is 43.4 Å². The number of hydrogen-bond acceptors (Lipinski definition) is 3. The third kappa shape index (κ3) is 8.33. The molecule has 0 spiro atoms. The third-order valence-corrected chi connectivity index (χ3v) is 4.97. The first kappa shape index (κ1) is 19.7. The van der Waals surface area contributed by atoms with E-state index in [0.29, 0.717) is 18.4 Å². The van der Waals surface area contributed by atoms with Gasteiger partial charge in [-0.3, -0.25) is 4.79 Å². The zero-order valence-electron chi connectivity index (χ0n) is 15.4. The molecule has 25 heavy (non-hydrogen) atoms. The predicted molar refractivity (Wildman–Crippen MR) is 101 cm³/mol. The lowest BCUT2D eigenvalue weighted by Crippen LogP contribution is -2.22. The van der Waals surface area contributed by atoms with Crippen molar-refractivity contribution in [3.05, 3.63) is 35.9 Å². The molecule has 0 N–H and O–H groups in total. The van der Waals surface area contributed by atoms with Crippen molar-refractivity contribution >= 4 is 11.8 Å². The molecule has 1 aliphatic rings. The monoisotopic (exact) mass is 344 g/mol. The first-order valence-corrected chi connectivity index (χ1v) is 10.0. The van der Waals surface area contributed by atoms with Crippen LogP contribution < -0.4 is 0 Å². The van der Waals surface area contributed by atoms with Gasteiger partial charge in [0.2, 0.25) is 0 Å². The molecule has 138 valence electrons. The number of esters is 1. The second-order valence-electron chi connectivity index (χ2n) is 7.21. The van der Waals surface area contributed by atoms with Gasteiger partial charge in [-0.15, -0.1) is 0 Å². The summed E-state index contributed by atoms with van der Waals surface area (Å²) in [4.78, 5) is 24.6. The van der Waals surface area contributed by atoms with Crippen molar-refractivity contribution in [1.82, 2.24) is 0 Å². The van der Waals surface area contributed by atoms with Crippen molar-refractivity contribution in [3.8, 4) is 0 Å². The lowest BCUT2D eigenvalue weighted by molar-refractivity contribution is -0.121. The molecule has 1 saturated carbocycles. The predicted octanol–water partition coefficient (Wildman–Crippen LogP) is 5.87. The first-order valence-electron chi connectivity index (χ1n) is 10.0. The summed E-state index contributed by atoms with van der Waals surface area (Å²) in [6, 6.07) is 9.06. The molecule has 1 fully saturated rings. The zero-order chi connectivity index (χ0) is 17.7. The second kappa shape index (κ2) is 11.8. The highest BCUT2D eigenvalue weighted by molar-refractivity contribution is 5.89. The van der Waals surface area contributed by atoms with Gasteiger partial charge in [0.1, 0.15) is 11.9 Å². The number of carbonyl (C=O) groups is 2. The van der Waals surface area contributed by atoms with E-state index in [4.69, 9.17) is 4.74 Å². The molecule has 3 heteroatoms. The minimum atomic E-state index is -0.309. The number of carbonyl (C=O) groups excluding carboxylic acids is 2. The van der Waals surface area contributed by atoms with Crippen molar-refractivity contribution in [1.29, 1.82) is 0 Å². The van der Waals surface area contributed by atoms with Gasteiger partial charge in [0.25, 0.3) is 0 Å². The molecule has 0 heterocycles. The molecule has 0 aliphatic heterocycles. The Hall–Kier alpha value is -1.64. The normalized spacial score (nSPS) is 21.8. The van der Waals surface area contributed by atoms with Crippen LogP contribution in [0.3, 0.4) is 0 Å². The van der Waals surface area contributed by atoms with E-state index in [1.807, 2.05) is 18.2 Å². The molecule has 3 nitrogen and oxygen atoms in total. The Labute approximate surface area is 152 Å². The highest BCUT2D eigenvalue weighted by atomic mass is 16.5. The van der Waals surface area contributed by atoms with E-state index in [9.17, 15) is 9.59 Å². The van der Waals surface area contributed by atoms with E-state index in [2.05, 4.69) is 0 Å².